The minimum Gasteiger partial charge on any atom is -0.472 e. The van der Waals surface area contributed by atoms with Gasteiger partial charge in [0.05, 0.1) is 12.5 Å². The Balaban J connectivity index is 0.000000223. The number of allylic oxidation sites excluding steroid dienone is 1. The van der Waals surface area contributed by atoms with Crippen molar-refractivity contribution < 1.29 is 4.42 Å². The number of halogens is 1. The van der Waals surface area contributed by atoms with Gasteiger partial charge in [-0.1, -0.05) is 48.0 Å². The van der Waals surface area contributed by atoms with Crippen LogP contribution in [0.3, 0.4) is 0 Å². The number of fused-ring (bicyclic) bond motifs is 5. The van der Waals surface area contributed by atoms with Gasteiger partial charge in [-0.3, -0.25) is 0 Å². The molecule has 5 rings (SSSR count). The highest BCUT2D eigenvalue weighted by Crippen LogP contribution is 2.40. The van der Waals surface area contributed by atoms with E-state index in [2.05, 4.69) is 36.4 Å². The summed E-state index contributed by atoms with van der Waals surface area (Å²) in [6, 6.07) is 12.7. The summed E-state index contributed by atoms with van der Waals surface area (Å²) in [6.45, 7) is 1.99. The fourth-order valence-corrected chi connectivity index (χ4v) is 4.05. The van der Waals surface area contributed by atoms with Crippen molar-refractivity contribution in [2.24, 2.45) is 0 Å². The monoisotopic (exact) mass is 348 g/mol. The quantitative estimate of drug-likeness (QED) is 0.443. The number of aryl methyl sites for hydroxylation is 1. The summed E-state index contributed by atoms with van der Waals surface area (Å²) in [6.07, 6.45) is 12.5. The molecule has 3 aromatic rings. The molecule has 0 saturated carbocycles. The van der Waals surface area contributed by atoms with Crippen LogP contribution in [0.5, 0.6) is 0 Å². The third kappa shape index (κ3) is 3.17. The van der Waals surface area contributed by atoms with Crippen molar-refractivity contribution in [3.8, 4) is 11.1 Å². The van der Waals surface area contributed by atoms with Crippen molar-refractivity contribution in [2.75, 3.05) is 0 Å². The molecule has 0 radical (unpaired) electrons. The molecule has 1 heterocycles. The van der Waals surface area contributed by atoms with Crippen molar-refractivity contribution in [1.82, 2.24) is 0 Å². The van der Waals surface area contributed by atoms with Crippen LogP contribution in [0.25, 0.3) is 17.2 Å². The molecule has 25 heavy (non-hydrogen) atoms. The maximum absolute atomic E-state index is 6.34. The fraction of sp³-hybridized carbons (Fsp3) is 0.217. The van der Waals surface area contributed by atoms with E-state index in [9.17, 15) is 0 Å². The van der Waals surface area contributed by atoms with E-state index in [1.807, 2.05) is 19.1 Å². The molecule has 0 fully saturated rings. The molecule has 2 heteroatoms. The average molecular weight is 349 g/mol. The van der Waals surface area contributed by atoms with Crippen LogP contribution >= 0.6 is 11.6 Å². The van der Waals surface area contributed by atoms with Crippen molar-refractivity contribution in [3.05, 3.63) is 87.8 Å². The second-order valence-electron chi connectivity index (χ2n) is 6.67. The Morgan fingerprint density at radius 2 is 1.72 bits per heavy atom. The molecular weight excluding hydrogens is 328 g/mol. The molecule has 2 aromatic carbocycles. The fourth-order valence-electron chi connectivity index (χ4n) is 3.79. The summed E-state index contributed by atoms with van der Waals surface area (Å²) in [5, 5.41) is 0.917. The second-order valence-corrected chi connectivity index (χ2v) is 7.07. The van der Waals surface area contributed by atoms with Crippen LogP contribution in [0.1, 0.15) is 34.2 Å². The lowest BCUT2D eigenvalue weighted by molar-refractivity contribution is 0.565. The summed E-state index contributed by atoms with van der Waals surface area (Å²) in [5.41, 5.74) is 9.76. The zero-order chi connectivity index (χ0) is 17.2. The highest BCUT2D eigenvalue weighted by Gasteiger charge is 2.22. The van der Waals surface area contributed by atoms with E-state index in [4.69, 9.17) is 16.0 Å². The Labute approximate surface area is 154 Å². The first kappa shape index (κ1) is 16.2. The van der Waals surface area contributed by atoms with Gasteiger partial charge < -0.3 is 4.42 Å². The van der Waals surface area contributed by atoms with Gasteiger partial charge >= 0.3 is 0 Å². The SMILES string of the molecule is Cc1ccoc1.Clc1cccc2c1CCc1c-2ccc2c1CCC=C2. The van der Waals surface area contributed by atoms with E-state index < -0.39 is 0 Å². The average Bonchev–Trinajstić information content (AvgIpc) is 3.13. The molecule has 1 aromatic heterocycles. The van der Waals surface area contributed by atoms with Gasteiger partial charge in [0.1, 0.15) is 0 Å². The predicted octanol–water partition coefficient (Wildman–Crippen LogP) is 6.65. The number of hydrogen-bond acceptors (Lipinski definition) is 1. The van der Waals surface area contributed by atoms with Crippen molar-refractivity contribution in [2.45, 2.75) is 32.6 Å². The molecule has 0 amide bonds. The summed E-state index contributed by atoms with van der Waals surface area (Å²) in [5.74, 6) is 0. The molecule has 0 saturated heterocycles. The smallest absolute Gasteiger partial charge is 0.0931 e. The summed E-state index contributed by atoms with van der Waals surface area (Å²) < 4.78 is 4.71. The molecule has 0 aliphatic heterocycles. The highest BCUT2D eigenvalue weighted by molar-refractivity contribution is 6.31. The van der Waals surface area contributed by atoms with Gasteiger partial charge in [-0.25, -0.2) is 0 Å². The Morgan fingerprint density at radius 1 is 0.880 bits per heavy atom. The Hall–Kier alpha value is -2.25. The molecule has 0 unspecified atom stereocenters. The van der Waals surface area contributed by atoms with Crippen molar-refractivity contribution >= 4 is 17.7 Å². The molecule has 2 aliphatic carbocycles. The van der Waals surface area contributed by atoms with Gasteiger partial charge in [0.25, 0.3) is 0 Å². The van der Waals surface area contributed by atoms with Crippen molar-refractivity contribution in [1.29, 1.82) is 0 Å². The Bertz CT molecular complexity index is 920. The molecule has 126 valence electrons. The summed E-state index contributed by atoms with van der Waals surface area (Å²) in [4.78, 5) is 0. The lowest BCUT2D eigenvalue weighted by Gasteiger charge is -2.25. The van der Waals surface area contributed by atoms with Crippen LogP contribution in [0.4, 0.5) is 0 Å². The lowest BCUT2D eigenvalue weighted by atomic mass is 9.80. The highest BCUT2D eigenvalue weighted by atomic mass is 35.5. The van der Waals surface area contributed by atoms with Gasteiger partial charge in [-0.05, 0) is 83.7 Å². The molecular formula is C23H21ClO. The third-order valence-corrected chi connectivity index (χ3v) is 5.38. The summed E-state index contributed by atoms with van der Waals surface area (Å²) in [7, 11) is 0. The minimum atomic E-state index is 0.917. The largest absolute Gasteiger partial charge is 0.472 e. The lowest BCUT2D eigenvalue weighted by Crippen LogP contribution is -2.10. The molecule has 1 nitrogen and oxygen atoms in total. The topological polar surface area (TPSA) is 13.1 Å². The first-order valence-corrected chi connectivity index (χ1v) is 9.19. The molecule has 2 aliphatic rings. The number of benzene rings is 2. The van der Waals surface area contributed by atoms with Gasteiger partial charge in [-0.15, -0.1) is 0 Å². The maximum atomic E-state index is 6.34. The number of hydrogen-bond donors (Lipinski definition) is 0. The first-order valence-electron chi connectivity index (χ1n) is 8.82. The number of rotatable bonds is 0. The predicted molar refractivity (Wildman–Crippen MR) is 105 cm³/mol. The Kier molecular flexibility index (Phi) is 4.50. The first-order chi connectivity index (χ1) is 12.2. The number of furan rings is 1. The molecule has 0 N–H and O–H groups in total. The molecule has 0 atom stereocenters. The molecule has 0 bridgehead atoms. The van der Waals surface area contributed by atoms with Crippen LogP contribution in [0, 0.1) is 6.92 Å². The van der Waals surface area contributed by atoms with Gasteiger partial charge in [0.15, 0.2) is 0 Å². The third-order valence-electron chi connectivity index (χ3n) is 5.02. The van der Waals surface area contributed by atoms with Gasteiger partial charge in [-0.2, -0.15) is 0 Å². The normalized spacial score (nSPS) is 14.0. The standard InChI is InChI=1S/C18H15Cl.C5H6O/c19-18-7-3-6-14-16-9-8-12-4-1-2-5-13(12)15(16)10-11-17(14)18;1-5-2-3-6-4-5/h1,3-4,6-9H,2,5,10-11H2;2-4H,1H3. The molecule has 0 spiro atoms. The van der Waals surface area contributed by atoms with E-state index >= 15 is 0 Å². The van der Waals surface area contributed by atoms with Crippen LogP contribution < -0.4 is 0 Å². The zero-order valence-corrected chi connectivity index (χ0v) is 15.1. The second kappa shape index (κ2) is 6.93. The van der Waals surface area contributed by atoms with Gasteiger partial charge in [0.2, 0.25) is 0 Å². The maximum Gasteiger partial charge on any atom is 0.0931 e. The van der Waals surface area contributed by atoms with E-state index in [0.717, 1.165) is 17.9 Å². The van der Waals surface area contributed by atoms with Crippen LogP contribution in [0.15, 0.2) is 59.4 Å². The summed E-state index contributed by atoms with van der Waals surface area (Å²) >= 11 is 6.34. The van der Waals surface area contributed by atoms with E-state index in [0.29, 0.717) is 0 Å². The van der Waals surface area contributed by atoms with E-state index in [-0.39, 0.29) is 0 Å². The zero-order valence-electron chi connectivity index (χ0n) is 14.4. The van der Waals surface area contributed by atoms with Crippen LogP contribution in [-0.4, -0.2) is 0 Å². The van der Waals surface area contributed by atoms with Crippen LogP contribution in [0.2, 0.25) is 5.02 Å². The minimum absolute atomic E-state index is 0.917. The van der Waals surface area contributed by atoms with Gasteiger partial charge in [0, 0.05) is 5.02 Å². The van der Waals surface area contributed by atoms with E-state index in [1.54, 1.807) is 23.7 Å². The Morgan fingerprint density at radius 3 is 2.48 bits per heavy atom. The van der Waals surface area contributed by atoms with Crippen molar-refractivity contribution in [3.63, 3.8) is 0 Å². The van der Waals surface area contributed by atoms with E-state index in [1.165, 1.54) is 40.7 Å². The van der Waals surface area contributed by atoms with Crippen LogP contribution in [-0.2, 0) is 19.3 Å².